The summed E-state index contributed by atoms with van der Waals surface area (Å²) in [7, 11) is 4.43. The average molecular weight is 201 g/mol. The molecule has 0 aromatic heterocycles. The second-order valence-corrected chi connectivity index (χ2v) is 3.04. The fraction of sp³-hybridized carbons (Fsp3) is 0.900. The molecular weight excluding hydrogens is 182 g/mol. The summed E-state index contributed by atoms with van der Waals surface area (Å²) in [4.78, 5) is 0. The monoisotopic (exact) mass is 201 g/mol. The maximum absolute atomic E-state index is 8.99. The van der Waals surface area contributed by atoms with Crippen molar-refractivity contribution in [3.8, 4) is 6.07 Å². The van der Waals surface area contributed by atoms with Crippen LogP contribution in [0.15, 0.2) is 0 Å². The summed E-state index contributed by atoms with van der Waals surface area (Å²) in [6, 6.07) is 2.16. The Hall–Kier alpha value is -0.630. The Bertz CT molecular complexity index is 176. The van der Waals surface area contributed by atoms with Gasteiger partial charge in [-0.2, -0.15) is 5.26 Å². The zero-order valence-corrected chi connectivity index (χ0v) is 9.37. The van der Waals surface area contributed by atoms with E-state index in [0.717, 1.165) is 12.8 Å². The van der Waals surface area contributed by atoms with Crippen LogP contribution in [0.4, 0.5) is 0 Å². The quantitative estimate of drug-likeness (QED) is 0.590. The number of nitriles is 1. The highest BCUT2D eigenvalue weighted by atomic mass is 16.9. The summed E-state index contributed by atoms with van der Waals surface area (Å²) in [5, 5.41) is 8.99. The molecule has 0 saturated carbocycles. The number of ether oxygens (including phenoxy) is 3. The van der Waals surface area contributed by atoms with Gasteiger partial charge in [-0.3, -0.25) is 0 Å². The Morgan fingerprint density at radius 1 is 1.21 bits per heavy atom. The predicted octanol–water partition coefficient (Wildman–Crippen LogP) is 1.91. The highest BCUT2D eigenvalue weighted by Gasteiger charge is 2.39. The summed E-state index contributed by atoms with van der Waals surface area (Å²) in [5.74, 6) is -1.62. The second kappa shape index (κ2) is 6.77. The van der Waals surface area contributed by atoms with E-state index >= 15 is 0 Å². The molecule has 0 aliphatic carbocycles. The van der Waals surface area contributed by atoms with E-state index in [9.17, 15) is 0 Å². The molecule has 0 radical (unpaired) electrons. The molecule has 4 nitrogen and oxygen atoms in total. The van der Waals surface area contributed by atoms with E-state index in [0.29, 0.717) is 6.42 Å². The van der Waals surface area contributed by atoms with E-state index in [1.807, 2.05) is 0 Å². The van der Waals surface area contributed by atoms with E-state index < -0.39 is 11.9 Å². The van der Waals surface area contributed by atoms with Gasteiger partial charge in [0.15, 0.2) is 0 Å². The standard InChI is InChI=1S/C10H19NO3/c1-5-6-7-9(8-11)10(12-2,13-3)14-4/h9H,5-7H2,1-4H3. The Labute approximate surface area is 85.8 Å². The fourth-order valence-corrected chi connectivity index (χ4v) is 1.41. The first-order valence-corrected chi connectivity index (χ1v) is 4.75. The zero-order chi connectivity index (χ0) is 11.0. The van der Waals surface area contributed by atoms with Crippen LogP contribution in [-0.4, -0.2) is 27.3 Å². The molecule has 0 rings (SSSR count). The van der Waals surface area contributed by atoms with Crippen molar-refractivity contribution in [3.63, 3.8) is 0 Å². The molecule has 0 fully saturated rings. The van der Waals surface area contributed by atoms with Crippen molar-refractivity contribution in [3.05, 3.63) is 0 Å². The SMILES string of the molecule is CCCCC(C#N)C(OC)(OC)OC. The molecular formula is C10H19NO3. The third kappa shape index (κ3) is 2.95. The lowest BCUT2D eigenvalue weighted by Crippen LogP contribution is -2.43. The van der Waals surface area contributed by atoms with E-state index in [1.54, 1.807) is 0 Å². The molecule has 1 atom stereocenters. The van der Waals surface area contributed by atoms with Crippen molar-refractivity contribution in [2.24, 2.45) is 5.92 Å². The number of methoxy groups -OCH3 is 3. The predicted molar refractivity (Wildman–Crippen MR) is 52.4 cm³/mol. The van der Waals surface area contributed by atoms with Gasteiger partial charge in [-0.25, -0.2) is 0 Å². The van der Waals surface area contributed by atoms with E-state index in [1.165, 1.54) is 21.3 Å². The largest absolute Gasteiger partial charge is 0.330 e. The third-order valence-electron chi connectivity index (χ3n) is 2.28. The average Bonchev–Trinajstić information content (AvgIpc) is 2.25. The van der Waals surface area contributed by atoms with Crippen molar-refractivity contribution < 1.29 is 14.2 Å². The Kier molecular flexibility index (Phi) is 6.46. The van der Waals surface area contributed by atoms with Crippen molar-refractivity contribution >= 4 is 0 Å². The summed E-state index contributed by atoms with van der Waals surface area (Å²) < 4.78 is 15.4. The first-order chi connectivity index (χ1) is 6.70. The number of hydrogen-bond donors (Lipinski definition) is 0. The van der Waals surface area contributed by atoms with E-state index in [4.69, 9.17) is 19.5 Å². The minimum absolute atomic E-state index is 0.401. The van der Waals surface area contributed by atoms with Crippen molar-refractivity contribution in [2.75, 3.05) is 21.3 Å². The van der Waals surface area contributed by atoms with Gasteiger partial charge in [-0.05, 0) is 6.42 Å². The molecule has 0 heterocycles. The lowest BCUT2D eigenvalue weighted by Gasteiger charge is -2.32. The molecule has 0 bridgehead atoms. The normalized spacial score (nSPS) is 13.6. The first-order valence-electron chi connectivity index (χ1n) is 4.75. The minimum Gasteiger partial charge on any atom is -0.330 e. The molecule has 0 aromatic rings. The summed E-state index contributed by atoms with van der Waals surface area (Å²) in [6.07, 6.45) is 2.70. The highest BCUT2D eigenvalue weighted by Crippen LogP contribution is 2.27. The molecule has 4 heteroatoms. The maximum Gasteiger partial charge on any atom is 0.298 e. The topological polar surface area (TPSA) is 51.5 Å². The van der Waals surface area contributed by atoms with Gasteiger partial charge in [-0.1, -0.05) is 19.8 Å². The summed E-state index contributed by atoms with van der Waals surface area (Å²) in [5.41, 5.74) is 0. The van der Waals surface area contributed by atoms with Gasteiger partial charge in [0.2, 0.25) is 0 Å². The molecule has 14 heavy (non-hydrogen) atoms. The Balaban J connectivity index is 4.51. The fourth-order valence-electron chi connectivity index (χ4n) is 1.41. The van der Waals surface area contributed by atoms with Gasteiger partial charge >= 0.3 is 0 Å². The summed E-state index contributed by atoms with van der Waals surface area (Å²) in [6.45, 7) is 2.07. The number of unbranched alkanes of at least 4 members (excludes halogenated alkanes) is 1. The number of rotatable bonds is 7. The molecule has 0 aliphatic rings. The van der Waals surface area contributed by atoms with E-state index in [-0.39, 0.29) is 0 Å². The molecule has 0 aliphatic heterocycles. The molecule has 0 aromatic carbocycles. The van der Waals surface area contributed by atoms with Gasteiger partial charge < -0.3 is 14.2 Å². The van der Waals surface area contributed by atoms with Crippen LogP contribution < -0.4 is 0 Å². The lowest BCUT2D eigenvalue weighted by molar-refractivity contribution is -0.370. The number of nitrogens with zero attached hydrogens (tertiary/aromatic N) is 1. The zero-order valence-electron chi connectivity index (χ0n) is 9.37. The molecule has 0 amide bonds. The first kappa shape index (κ1) is 13.4. The molecule has 1 unspecified atom stereocenters. The maximum atomic E-state index is 8.99. The van der Waals surface area contributed by atoms with Crippen LogP contribution in [-0.2, 0) is 14.2 Å². The Morgan fingerprint density at radius 3 is 2.00 bits per heavy atom. The summed E-state index contributed by atoms with van der Waals surface area (Å²) >= 11 is 0. The van der Waals surface area contributed by atoms with Crippen LogP contribution in [0.3, 0.4) is 0 Å². The Morgan fingerprint density at radius 2 is 1.71 bits per heavy atom. The second-order valence-electron chi connectivity index (χ2n) is 3.04. The molecule has 0 spiro atoms. The van der Waals surface area contributed by atoms with Crippen LogP contribution in [0.2, 0.25) is 0 Å². The molecule has 82 valence electrons. The smallest absolute Gasteiger partial charge is 0.298 e. The lowest BCUT2D eigenvalue weighted by atomic mass is 10.0. The van der Waals surface area contributed by atoms with Crippen LogP contribution >= 0.6 is 0 Å². The molecule has 0 saturated heterocycles. The third-order valence-corrected chi connectivity index (χ3v) is 2.28. The molecule has 0 N–H and O–H groups in total. The minimum atomic E-state index is -1.22. The highest BCUT2D eigenvalue weighted by molar-refractivity contribution is 4.89. The van der Waals surface area contributed by atoms with Crippen LogP contribution in [0.25, 0.3) is 0 Å². The van der Waals surface area contributed by atoms with E-state index in [2.05, 4.69) is 13.0 Å². The van der Waals surface area contributed by atoms with Crippen LogP contribution in [0, 0.1) is 17.2 Å². The van der Waals surface area contributed by atoms with Crippen molar-refractivity contribution in [1.29, 1.82) is 5.26 Å². The van der Waals surface area contributed by atoms with Crippen LogP contribution in [0.1, 0.15) is 26.2 Å². The number of hydrogen-bond acceptors (Lipinski definition) is 4. The van der Waals surface area contributed by atoms with Gasteiger partial charge in [0.1, 0.15) is 5.92 Å². The van der Waals surface area contributed by atoms with Crippen molar-refractivity contribution in [2.45, 2.75) is 32.2 Å². The van der Waals surface area contributed by atoms with Crippen molar-refractivity contribution in [1.82, 2.24) is 0 Å². The van der Waals surface area contributed by atoms with Gasteiger partial charge in [-0.15, -0.1) is 0 Å². The van der Waals surface area contributed by atoms with Crippen LogP contribution in [0.5, 0.6) is 0 Å². The van der Waals surface area contributed by atoms with Gasteiger partial charge in [0, 0.05) is 21.3 Å². The van der Waals surface area contributed by atoms with Gasteiger partial charge in [0.25, 0.3) is 5.97 Å². The van der Waals surface area contributed by atoms with Gasteiger partial charge in [0.05, 0.1) is 6.07 Å².